The summed E-state index contributed by atoms with van der Waals surface area (Å²) in [6, 6.07) is 0.343. The minimum atomic E-state index is -0.0991. The highest BCUT2D eigenvalue weighted by molar-refractivity contribution is 5.75. The quantitative estimate of drug-likeness (QED) is 0.696. The van der Waals surface area contributed by atoms with E-state index in [0.29, 0.717) is 6.02 Å². The van der Waals surface area contributed by atoms with Gasteiger partial charge in [-0.2, -0.15) is 0 Å². The summed E-state index contributed by atoms with van der Waals surface area (Å²) in [5.74, 6) is 1.09. The van der Waals surface area contributed by atoms with Gasteiger partial charge in [0.25, 0.3) is 6.02 Å². The van der Waals surface area contributed by atoms with Crippen molar-refractivity contribution >= 4 is 6.02 Å². The van der Waals surface area contributed by atoms with Gasteiger partial charge in [0.15, 0.2) is 0 Å². The number of amidine groups is 1. The monoisotopic (exact) mass is 194 g/mol. The fraction of sp³-hybridized carbons (Fsp3) is 0.727. The Morgan fingerprint density at radius 1 is 1.43 bits per heavy atom. The Morgan fingerprint density at radius 3 is 2.86 bits per heavy atom. The summed E-state index contributed by atoms with van der Waals surface area (Å²) in [6.07, 6.45) is 5.62. The average Bonchev–Trinajstić information content (AvgIpc) is 2.17. The maximum absolute atomic E-state index is 5.69. The minimum Gasteiger partial charge on any atom is -0.431 e. The fourth-order valence-electron chi connectivity index (χ4n) is 2.31. The number of rotatable bonds is 1. The van der Waals surface area contributed by atoms with E-state index < -0.39 is 0 Å². The Hall–Kier alpha value is -0.990. The van der Waals surface area contributed by atoms with E-state index in [4.69, 9.17) is 10.5 Å². The van der Waals surface area contributed by atoms with Crippen molar-refractivity contribution in [3.8, 4) is 0 Å². The third-order valence-corrected chi connectivity index (χ3v) is 3.34. The van der Waals surface area contributed by atoms with Crippen LogP contribution < -0.4 is 5.73 Å². The lowest BCUT2D eigenvalue weighted by Gasteiger charge is -2.35. The lowest BCUT2D eigenvalue weighted by Crippen LogP contribution is -2.36. The van der Waals surface area contributed by atoms with E-state index in [2.05, 4.69) is 18.8 Å². The van der Waals surface area contributed by atoms with Gasteiger partial charge in [-0.05, 0) is 38.2 Å². The van der Waals surface area contributed by atoms with Crippen molar-refractivity contribution in [1.82, 2.24) is 0 Å². The van der Waals surface area contributed by atoms with E-state index in [1.54, 1.807) is 0 Å². The molecule has 1 aliphatic heterocycles. The van der Waals surface area contributed by atoms with Crippen molar-refractivity contribution in [1.29, 1.82) is 0 Å². The predicted molar refractivity (Wildman–Crippen MR) is 56.9 cm³/mol. The van der Waals surface area contributed by atoms with Gasteiger partial charge in [0.05, 0.1) is 5.54 Å². The first kappa shape index (κ1) is 9.56. The molecule has 2 N–H and O–H groups in total. The van der Waals surface area contributed by atoms with E-state index in [-0.39, 0.29) is 5.54 Å². The van der Waals surface area contributed by atoms with Crippen molar-refractivity contribution in [3.05, 3.63) is 11.3 Å². The van der Waals surface area contributed by atoms with Crippen LogP contribution >= 0.6 is 0 Å². The largest absolute Gasteiger partial charge is 0.431 e. The van der Waals surface area contributed by atoms with Crippen LogP contribution in [0.5, 0.6) is 0 Å². The Kier molecular flexibility index (Phi) is 2.25. The zero-order valence-corrected chi connectivity index (χ0v) is 8.97. The van der Waals surface area contributed by atoms with Gasteiger partial charge in [0, 0.05) is 6.42 Å². The average molecular weight is 194 g/mol. The first-order valence-electron chi connectivity index (χ1n) is 5.41. The minimum absolute atomic E-state index is 0.0991. The Morgan fingerprint density at radius 2 is 2.14 bits per heavy atom. The number of nitrogens with two attached hydrogens (primary N) is 1. The topological polar surface area (TPSA) is 47.6 Å². The van der Waals surface area contributed by atoms with Gasteiger partial charge < -0.3 is 10.5 Å². The molecule has 0 bridgehead atoms. The van der Waals surface area contributed by atoms with Gasteiger partial charge in [-0.15, -0.1) is 0 Å². The highest BCUT2D eigenvalue weighted by atomic mass is 16.5. The SMILES string of the molecule is CCC1(C)N=C(N)OC2=C1CCCC2. The molecule has 0 radical (unpaired) electrons. The van der Waals surface area contributed by atoms with Crippen LogP contribution in [0.2, 0.25) is 0 Å². The lowest BCUT2D eigenvalue weighted by molar-refractivity contribution is 0.303. The molecule has 0 fully saturated rings. The predicted octanol–water partition coefficient (Wildman–Crippen LogP) is 2.33. The molecule has 0 aromatic heterocycles. The van der Waals surface area contributed by atoms with E-state index in [1.165, 1.54) is 18.4 Å². The van der Waals surface area contributed by atoms with Crippen LogP contribution in [0.25, 0.3) is 0 Å². The summed E-state index contributed by atoms with van der Waals surface area (Å²) < 4.78 is 5.49. The van der Waals surface area contributed by atoms with Crippen LogP contribution in [-0.4, -0.2) is 11.6 Å². The van der Waals surface area contributed by atoms with E-state index in [0.717, 1.165) is 25.0 Å². The molecule has 0 saturated heterocycles. The van der Waals surface area contributed by atoms with Crippen molar-refractivity contribution in [2.75, 3.05) is 0 Å². The van der Waals surface area contributed by atoms with Crippen LogP contribution in [-0.2, 0) is 4.74 Å². The molecule has 2 rings (SSSR count). The first-order chi connectivity index (χ1) is 6.65. The summed E-state index contributed by atoms with van der Waals surface area (Å²) in [7, 11) is 0. The fourth-order valence-corrected chi connectivity index (χ4v) is 2.31. The van der Waals surface area contributed by atoms with Gasteiger partial charge in [-0.1, -0.05) is 6.92 Å². The summed E-state index contributed by atoms with van der Waals surface area (Å²) in [5, 5.41) is 0. The maximum atomic E-state index is 5.69. The van der Waals surface area contributed by atoms with Crippen LogP contribution in [0.3, 0.4) is 0 Å². The third kappa shape index (κ3) is 1.41. The lowest BCUT2D eigenvalue weighted by atomic mass is 9.81. The van der Waals surface area contributed by atoms with Crippen LogP contribution in [0.15, 0.2) is 16.3 Å². The number of nitrogens with zero attached hydrogens (tertiary/aromatic N) is 1. The molecule has 3 heteroatoms. The zero-order valence-electron chi connectivity index (χ0n) is 8.97. The standard InChI is InChI=1S/C11H18N2O/c1-3-11(2)8-6-4-5-7-9(8)14-10(12)13-11/h3-7H2,1-2H3,(H2,12,13). The second-order valence-corrected chi connectivity index (χ2v) is 4.29. The summed E-state index contributed by atoms with van der Waals surface area (Å²) in [6.45, 7) is 4.31. The molecule has 1 heterocycles. The Bertz CT molecular complexity index is 306. The molecule has 1 atom stereocenters. The van der Waals surface area contributed by atoms with E-state index in [9.17, 15) is 0 Å². The number of hydrogen-bond donors (Lipinski definition) is 1. The van der Waals surface area contributed by atoms with E-state index >= 15 is 0 Å². The van der Waals surface area contributed by atoms with Crippen LogP contribution in [0.1, 0.15) is 46.0 Å². The molecule has 1 aliphatic carbocycles. The van der Waals surface area contributed by atoms with Crippen molar-refractivity contribution in [3.63, 3.8) is 0 Å². The number of ether oxygens (including phenoxy) is 1. The van der Waals surface area contributed by atoms with Gasteiger partial charge in [0.1, 0.15) is 5.76 Å². The molecular weight excluding hydrogens is 176 g/mol. The third-order valence-electron chi connectivity index (χ3n) is 3.34. The van der Waals surface area contributed by atoms with Crippen LogP contribution in [0, 0.1) is 0 Å². The maximum Gasteiger partial charge on any atom is 0.288 e. The molecule has 0 amide bonds. The van der Waals surface area contributed by atoms with Gasteiger partial charge in [0.2, 0.25) is 0 Å². The highest BCUT2D eigenvalue weighted by Gasteiger charge is 2.35. The molecule has 0 aromatic rings. The molecule has 2 aliphatic rings. The smallest absolute Gasteiger partial charge is 0.288 e. The zero-order chi connectivity index (χ0) is 10.2. The molecule has 78 valence electrons. The second kappa shape index (κ2) is 3.30. The normalized spacial score (nSPS) is 32.0. The Balaban J connectivity index is 2.37. The van der Waals surface area contributed by atoms with Crippen LogP contribution in [0.4, 0.5) is 0 Å². The van der Waals surface area contributed by atoms with Gasteiger partial charge in [-0.3, -0.25) is 0 Å². The van der Waals surface area contributed by atoms with Crippen molar-refractivity contribution < 1.29 is 4.74 Å². The number of aliphatic imine (C=N–C) groups is 1. The van der Waals surface area contributed by atoms with Gasteiger partial charge in [-0.25, -0.2) is 4.99 Å². The molecule has 3 nitrogen and oxygen atoms in total. The molecule has 0 spiro atoms. The summed E-state index contributed by atoms with van der Waals surface area (Å²) in [5.41, 5.74) is 6.96. The number of allylic oxidation sites excluding steroid dienone is 1. The molecular formula is C11H18N2O. The second-order valence-electron chi connectivity index (χ2n) is 4.29. The number of hydrogen-bond acceptors (Lipinski definition) is 3. The van der Waals surface area contributed by atoms with E-state index in [1.807, 2.05) is 0 Å². The molecule has 1 unspecified atom stereocenters. The Labute approximate surface area is 85.0 Å². The highest BCUT2D eigenvalue weighted by Crippen LogP contribution is 2.39. The van der Waals surface area contributed by atoms with Crippen molar-refractivity contribution in [2.45, 2.75) is 51.5 Å². The van der Waals surface area contributed by atoms with Crippen molar-refractivity contribution in [2.24, 2.45) is 10.7 Å². The molecule has 0 saturated carbocycles. The summed E-state index contributed by atoms with van der Waals surface area (Å²) >= 11 is 0. The summed E-state index contributed by atoms with van der Waals surface area (Å²) in [4.78, 5) is 4.43. The molecule has 14 heavy (non-hydrogen) atoms. The van der Waals surface area contributed by atoms with Gasteiger partial charge >= 0.3 is 0 Å². The molecule has 0 aromatic carbocycles. The first-order valence-corrected chi connectivity index (χ1v) is 5.41.